The lowest BCUT2D eigenvalue weighted by atomic mass is 9.93. The van der Waals surface area contributed by atoms with E-state index in [0.717, 1.165) is 80.6 Å². The van der Waals surface area contributed by atoms with E-state index in [-0.39, 0.29) is 25.1 Å². The Morgan fingerprint density at radius 2 is 1.78 bits per heavy atom. The summed E-state index contributed by atoms with van der Waals surface area (Å²) in [5.74, 6) is 0.368. The fourth-order valence-electron chi connectivity index (χ4n) is 5.31. The molecule has 3 heterocycles. The van der Waals surface area contributed by atoms with Crippen molar-refractivity contribution in [1.29, 1.82) is 0 Å². The third kappa shape index (κ3) is 5.85. The molecule has 9 heteroatoms. The molecule has 1 aliphatic carbocycles. The molecule has 7 nitrogen and oxygen atoms in total. The van der Waals surface area contributed by atoms with Gasteiger partial charge in [-0.15, -0.1) is 0 Å². The van der Waals surface area contributed by atoms with E-state index in [4.69, 9.17) is 4.98 Å². The van der Waals surface area contributed by atoms with Crippen LogP contribution in [0.3, 0.4) is 0 Å². The second-order valence-electron chi connectivity index (χ2n) is 10.2. The van der Waals surface area contributed by atoms with Crippen molar-refractivity contribution in [2.75, 3.05) is 45.1 Å². The van der Waals surface area contributed by atoms with Gasteiger partial charge in [0.05, 0.1) is 6.10 Å². The van der Waals surface area contributed by atoms with Crippen molar-refractivity contribution in [2.24, 2.45) is 0 Å². The number of likely N-dealkylation sites (N-methyl/N-ethyl adjacent to an activating group) is 1. The number of rotatable bonds is 8. The standard InChI is InChI=1S/C27H36F2N6O/c1-33-12-14-34(15-13-33)17-19-2-4-20(5-3-19)24-18-35(21-6-8-22(36)9-7-21)26-23(24)16-31-27(32-26)30-11-10-25(28)29/h2-5,16,18,21-22,25,36H,6-15,17H2,1H3,(H,30,31,32)/t21-,22-. The maximum atomic E-state index is 12.6. The highest BCUT2D eigenvalue weighted by atomic mass is 19.3. The summed E-state index contributed by atoms with van der Waals surface area (Å²) in [5, 5.41) is 13.9. The van der Waals surface area contributed by atoms with Crippen LogP contribution in [0, 0.1) is 0 Å². The summed E-state index contributed by atoms with van der Waals surface area (Å²) in [6, 6.07) is 8.99. The molecule has 2 fully saturated rings. The van der Waals surface area contributed by atoms with Crippen LogP contribution in [0.2, 0.25) is 0 Å². The van der Waals surface area contributed by atoms with Gasteiger partial charge in [-0.25, -0.2) is 13.8 Å². The summed E-state index contributed by atoms with van der Waals surface area (Å²) in [6.45, 7) is 5.47. The Bertz CT molecular complexity index is 1140. The predicted octanol–water partition coefficient (Wildman–Crippen LogP) is 4.39. The second-order valence-corrected chi connectivity index (χ2v) is 10.2. The number of benzene rings is 1. The molecule has 0 bridgehead atoms. The molecule has 0 radical (unpaired) electrons. The summed E-state index contributed by atoms with van der Waals surface area (Å²) in [7, 11) is 2.17. The van der Waals surface area contributed by atoms with Crippen LogP contribution in [0.25, 0.3) is 22.2 Å². The average Bonchev–Trinajstić information content (AvgIpc) is 3.25. The third-order valence-corrected chi connectivity index (χ3v) is 7.54. The first kappa shape index (κ1) is 25.0. The number of hydrogen-bond donors (Lipinski definition) is 2. The lowest BCUT2D eigenvalue weighted by Crippen LogP contribution is -2.43. The molecule has 5 rings (SSSR count). The van der Waals surface area contributed by atoms with Gasteiger partial charge in [-0.05, 0) is 43.9 Å². The second kappa shape index (κ2) is 11.2. The molecule has 0 unspecified atom stereocenters. The lowest BCUT2D eigenvalue weighted by Gasteiger charge is -2.32. The molecule has 2 N–H and O–H groups in total. The number of nitrogens with one attached hydrogen (secondary N) is 1. The molecule has 1 aromatic carbocycles. The van der Waals surface area contributed by atoms with Crippen molar-refractivity contribution >= 4 is 17.0 Å². The Kier molecular flexibility index (Phi) is 7.79. The Labute approximate surface area is 211 Å². The number of hydrogen-bond acceptors (Lipinski definition) is 6. The van der Waals surface area contributed by atoms with Gasteiger partial charge in [0, 0.05) is 75.1 Å². The molecule has 1 saturated carbocycles. The van der Waals surface area contributed by atoms with Crippen molar-refractivity contribution in [3.05, 3.63) is 42.2 Å². The van der Waals surface area contributed by atoms with E-state index in [1.54, 1.807) is 6.20 Å². The molecule has 0 amide bonds. The number of aliphatic hydroxyl groups is 1. The van der Waals surface area contributed by atoms with E-state index >= 15 is 0 Å². The van der Waals surface area contributed by atoms with Crippen molar-refractivity contribution in [1.82, 2.24) is 24.3 Å². The molecule has 0 spiro atoms. The maximum Gasteiger partial charge on any atom is 0.240 e. The zero-order chi connectivity index (χ0) is 25.1. The van der Waals surface area contributed by atoms with Gasteiger partial charge in [-0.3, -0.25) is 4.90 Å². The number of piperazine rings is 1. The summed E-state index contributed by atoms with van der Waals surface area (Å²) < 4.78 is 27.4. The van der Waals surface area contributed by atoms with Crippen molar-refractivity contribution in [3.8, 4) is 11.1 Å². The molecule has 1 aliphatic heterocycles. The Morgan fingerprint density at radius 1 is 1.06 bits per heavy atom. The molecular formula is C27H36F2N6O. The fourth-order valence-corrected chi connectivity index (χ4v) is 5.31. The molecule has 2 aliphatic rings. The maximum absolute atomic E-state index is 12.6. The zero-order valence-corrected chi connectivity index (χ0v) is 20.9. The van der Waals surface area contributed by atoms with Gasteiger partial charge in [0.15, 0.2) is 0 Å². The van der Waals surface area contributed by atoms with Crippen molar-refractivity contribution in [2.45, 2.75) is 57.2 Å². The topological polar surface area (TPSA) is 69.5 Å². The first-order valence-electron chi connectivity index (χ1n) is 13.0. The Hall–Kier alpha value is -2.62. The lowest BCUT2D eigenvalue weighted by molar-refractivity contribution is 0.111. The molecule has 2 aromatic heterocycles. The Morgan fingerprint density at radius 3 is 2.47 bits per heavy atom. The number of alkyl halides is 2. The van der Waals surface area contributed by atoms with Crippen LogP contribution in [0.5, 0.6) is 0 Å². The van der Waals surface area contributed by atoms with Crippen molar-refractivity contribution < 1.29 is 13.9 Å². The van der Waals surface area contributed by atoms with Crippen LogP contribution in [0.15, 0.2) is 36.7 Å². The smallest absolute Gasteiger partial charge is 0.240 e. The summed E-state index contributed by atoms with van der Waals surface area (Å²) in [5.41, 5.74) is 4.29. The zero-order valence-electron chi connectivity index (χ0n) is 20.9. The number of aliphatic hydroxyl groups excluding tert-OH is 1. The van der Waals surface area contributed by atoms with E-state index in [1.165, 1.54) is 5.56 Å². The molecule has 194 valence electrons. The minimum absolute atomic E-state index is 0.126. The van der Waals surface area contributed by atoms with Gasteiger partial charge in [0.2, 0.25) is 12.4 Å². The predicted molar refractivity (Wildman–Crippen MR) is 138 cm³/mol. The summed E-state index contributed by atoms with van der Waals surface area (Å²) >= 11 is 0. The van der Waals surface area contributed by atoms with Crippen LogP contribution in [0.4, 0.5) is 14.7 Å². The largest absolute Gasteiger partial charge is 0.393 e. The average molecular weight is 499 g/mol. The highest BCUT2D eigenvalue weighted by Crippen LogP contribution is 2.36. The fraction of sp³-hybridized carbons (Fsp3) is 0.556. The van der Waals surface area contributed by atoms with Gasteiger partial charge in [0.25, 0.3) is 0 Å². The van der Waals surface area contributed by atoms with E-state index in [0.29, 0.717) is 5.95 Å². The van der Waals surface area contributed by atoms with Gasteiger partial charge in [-0.1, -0.05) is 24.3 Å². The Balaban J connectivity index is 1.40. The number of aromatic nitrogens is 3. The van der Waals surface area contributed by atoms with Crippen LogP contribution in [-0.4, -0.2) is 81.7 Å². The number of fused-ring (bicyclic) bond motifs is 1. The summed E-state index contributed by atoms with van der Waals surface area (Å²) in [4.78, 5) is 14.0. The van der Waals surface area contributed by atoms with E-state index in [1.807, 2.05) is 0 Å². The van der Waals surface area contributed by atoms with Gasteiger partial charge >= 0.3 is 0 Å². The number of nitrogens with zero attached hydrogens (tertiary/aromatic N) is 5. The van der Waals surface area contributed by atoms with Crippen molar-refractivity contribution in [3.63, 3.8) is 0 Å². The first-order chi connectivity index (χ1) is 17.5. The number of halogens is 2. The van der Waals surface area contributed by atoms with Gasteiger partial charge in [-0.2, -0.15) is 4.98 Å². The van der Waals surface area contributed by atoms with Crippen LogP contribution >= 0.6 is 0 Å². The molecule has 0 atom stereocenters. The highest BCUT2D eigenvalue weighted by Gasteiger charge is 2.24. The van der Waals surface area contributed by atoms with Crippen LogP contribution < -0.4 is 5.32 Å². The van der Waals surface area contributed by atoms with E-state index in [2.05, 4.69) is 62.2 Å². The minimum Gasteiger partial charge on any atom is -0.393 e. The molecule has 3 aromatic rings. The van der Waals surface area contributed by atoms with Gasteiger partial charge < -0.3 is 19.9 Å². The highest BCUT2D eigenvalue weighted by molar-refractivity contribution is 5.94. The molecular weight excluding hydrogens is 462 g/mol. The number of anilines is 1. The third-order valence-electron chi connectivity index (χ3n) is 7.54. The van der Waals surface area contributed by atoms with Crippen LogP contribution in [-0.2, 0) is 6.54 Å². The normalized spacial score (nSPS) is 21.9. The van der Waals surface area contributed by atoms with Crippen LogP contribution in [0.1, 0.15) is 43.7 Å². The molecule has 1 saturated heterocycles. The SMILES string of the molecule is CN1CCN(Cc2ccc(-c3cn([C@H]4CC[C@H](O)CC4)c4nc(NCCC(F)F)ncc34)cc2)CC1. The first-order valence-corrected chi connectivity index (χ1v) is 13.0. The van der Waals surface area contributed by atoms with E-state index in [9.17, 15) is 13.9 Å². The van der Waals surface area contributed by atoms with Gasteiger partial charge in [0.1, 0.15) is 5.65 Å². The monoisotopic (exact) mass is 498 g/mol. The van der Waals surface area contributed by atoms with E-state index < -0.39 is 6.43 Å². The summed E-state index contributed by atoms with van der Waals surface area (Å²) in [6.07, 6.45) is 4.42. The quantitative estimate of drug-likeness (QED) is 0.480. The molecule has 36 heavy (non-hydrogen) atoms. The minimum atomic E-state index is -2.36.